The minimum atomic E-state index is -0.0984. The van der Waals surface area contributed by atoms with Crippen LogP contribution in [0.3, 0.4) is 0 Å². The molecule has 0 unspecified atom stereocenters. The van der Waals surface area contributed by atoms with E-state index in [0.29, 0.717) is 13.1 Å². The summed E-state index contributed by atoms with van der Waals surface area (Å²) in [7, 11) is 3.22. The maximum absolute atomic E-state index is 11.9. The summed E-state index contributed by atoms with van der Waals surface area (Å²) in [4.78, 5) is 23.7. The molecule has 0 heterocycles. The topological polar surface area (TPSA) is 76.7 Å². The fourth-order valence-electron chi connectivity index (χ4n) is 2.23. The summed E-state index contributed by atoms with van der Waals surface area (Å²) in [5.41, 5.74) is 1.98. The van der Waals surface area contributed by atoms with E-state index in [1.165, 1.54) is 11.8 Å². The van der Waals surface area contributed by atoms with Gasteiger partial charge >= 0.3 is 0 Å². The number of ether oxygens (including phenoxy) is 2. The molecule has 144 valence electrons. The van der Waals surface area contributed by atoms with Crippen LogP contribution in [0.4, 0.5) is 0 Å². The molecule has 0 aliphatic rings. The molecule has 2 amide bonds. The molecule has 0 fully saturated rings. The molecular weight excluding hydrogens is 364 g/mol. The van der Waals surface area contributed by atoms with Crippen molar-refractivity contribution in [3.05, 3.63) is 59.7 Å². The van der Waals surface area contributed by atoms with Crippen LogP contribution in [0.2, 0.25) is 0 Å². The Hall–Kier alpha value is -2.67. The van der Waals surface area contributed by atoms with Gasteiger partial charge in [-0.25, -0.2) is 0 Å². The van der Waals surface area contributed by atoms with E-state index in [4.69, 9.17) is 9.47 Å². The highest BCUT2D eigenvalue weighted by atomic mass is 32.2. The van der Waals surface area contributed by atoms with Gasteiger partial charge in [0.25, 0.3) is 0 Å². The first-order valence-electron chi connectivity index (χ1n) is 8.47. The van der Waals surface area contributed by atoms with Gasteiger partial charge in [0.05, 0.1) is 25.7 Å². The maximum Gasteiger partial charge on any atom is 0.230 e. The number of methoxy groups -OCH3 is 2. The minimum Gasteiger partial charge on any atom is -0.497 e. The van der Waals surface area contributed by atoms with Crippen LogP contribution < -0.4 is 20.1 Å². The van der Waals surface area contributed by atoms with Gasteiger partial charge in [-0.2, -0.15) is 0 Å². The third kappa shape index (κ3) is 7.62. The Morgan fingerprint density at radius 3 is 1.44 bits per heavy atom. The number of thioether (sulfide) groups is 1. The third-order valence-electron chi connectivity index (χ3n) is 3.76. The van der Waals surface area contributed by atoms with Crippen LogP contribution in [-0.4, -0.2) is 37.5 Å². The summed E-state index contributed by atoms with van der Waals surface area (Å²) >= 11 is 1.29. The van der Waals surface area contributed by atoms with Crippen molar-refractivity contribution < 1.29 is 19.1 Å². The lowest BCUT2D eigenvalue weighted by Crippen LogP contribution is -2.27. The van der Waals surface area contributed by atoms with E-state index >= 15 is 0 Å². The molecular formula is C20H24N2O4S. The van der Waals surface area contributed by atoms with Gasteiger partial charge in [0.2, 0.25) is 11.8 Å². The van der Waals surface area contributed by atoms with Crippen molar-refractivity contribution in [1.82, 2.24) is 10.6 Å². The second-order valence-corrected chi connectivity index (χ2v) is 6.73. The summed E-state index contributed by atoms with van der Waals surface area (Å²) in [5.74, 6) is 1.85. The van der Waals surface area contributed by atoms with Crippen LogP contribution in [0, 0.1) is 0 Å². The van der Waals surface area contributed by atoms with E-state index in [9.17, 15) is 9.59 Å². The van der Waals surface area contributed by atoms with E-state index in [2.05, 4.69) is 10.6 Å². The Labute approximate surface area is 163 Å². The van der Waals surface area contributed by atoms with Crippen molar-refractivity contribution in [3.63, 3.8) is 0 Å². The van der Waals surface area contributed by atoms with Crippen LogP contribution in [0.1, 0.15) is 11.1 Å². The molecule has 0 aromatic heterocycles. The van der Waals surface area contributed by atoms with Gasteiger partial charge in [0, 0.05) is 13.1 Å². The quantitative estimate of drug-likeness (QED) is 0.654. The minimum absolute atomic E-state index is 0.0984. The van der Waals surface area contributed by atoms with E-state index in [1.54, 1.807) is 14.2 Å². The lowest BCUT2D eigenvalue weighted by Gasteiger charge is -2.07. The molecule has 0 radical (unpaired) electrons. The molecule has 0 spiro atoms. The molecule has 0 atom stereocenters. The standard InChI is InChI=1S/C20H24N2O4S/c1-25-17-7-3-15(4-8-17)11-21-19(23)13-27-14-20(24)22-12-16-5-9-18(26-2)10-6-16/h3-10H,11-14H2,1-2H3,(H,21,23)(H,22,24). The van der Waals surface area contributed by atoms with Gasteiger partial charge in [-0.3, -0.25) is 9.59 Å². The average Bonchev–Trinajstić information content (AvgIpc) is 2.71. The number of carbonyl (C=O) groups excluding carboxylic acids is 2. The smallest absolute Gasteiger partial charge is 0.230 e. The van der Waals surface area contributed by atoms with Gasteiger partial charge in [-0.05, 0) is 35.4 Å². The Morgan fingerprint density at radius 2 is 1.11 bits per heavy atom. The van der Waals surface area contributed by atoms with Crippen LogP contribution in [0.5, 0.6) is 11.5 Å². The highest BCUT2D eigenvalue weighted by Gasteiger charge is 2.06. The van der Waals surface area contributed by atoms with E-state index < -0.39 is 0 Å². The lowest BCUT2D eigenvalue weighted by atomic mass is 10.2. The molecule has 2 aromatic carbocycles. The highest BCUT2D eigenvalue weighted by molar-refractivity contribution is 8.00. The zero-order valence-corrected chi connectivity index (χ0v) is 16.3. The number of benzene rings is 2. The first kappa shape index (κ1) is 20.6. The van der Waals surface area contributed by atoms with Crippen molar-refractivity contribution >= 4 is 23.6 Å². The van der Waals surface area contributed by atoms with Gasteiger partial charge < -0.3 is 20.1 Å². The van der Waals surface area contributed by atoms with Crippen LogP contribution in [0.25, 0.3) is 0 Å². The number of rotatable bonds is 10. The molecule has 27 heavy (non-hydrogen) atoms. The van der Waals surface area contributed by atoms with Crippen molar-refractivity contribution in [2.45, 2.75) is 13.1 Å². The second kappa shape index (κ2) is 11.1. The van der Waals surface area contributed by atoms with E-state index in [-0.39, 0.29) is 23.3 Å². The molecule has 2 rings (SSSR count). The largest absolute Gasteiger partial charge is 0.497 e. The normalized spacial score (nSPS) is 10.1. The van der Waals surface area contributed by atoms with Crippen LogP contribution >= 0.6 is 11.8 Å². The molecule has 0 saturated heterocycles. The number of carbonyl (C=O) groups is 2. The summed E-state index contributed by atoms with van der Waals surface area (Å²) in [6.07, 6.45) is 0. The molecule has 0 aliphatic carbocycles. The second-order valence-electron chi connectivity index (χ2n) is 5.74. The maximum atomic E-state index is 11.9. The van der Waals surface area contributed by atoms with Gasteiger partial charge in [-0.1, -0.05) is 24.3 Å². The fraction of sp³-hybridized carbons (Fsp3) is 0.300. The van der Waals surface area contributed by atoms with Gasteiger partial charge in [0.1, 0.15) is 11.5 Å². The van der Waals surface area contributed by atoms with Crippen LogP contribution in [0.15, 0.2) is 48.5 Å². The Kier molecular flexibility index (Phi) is 8.51. The fourth-order valence-corrected chi connectivity index (χ4v) is 2.90. The highest BCUT2D eigenvalue weighted by Crippen LogP contribution is 2.12. The van der Waals surface area contributed by atoms with Gasteiger partial charge in [0.15, 0.2) is 0 Å². The van der Waals surface area contributed by atoms with Gasteiger partial charge in [-0.15, -0.1) is 11.8 Å². The van der Waals surface area contributed by atoms with E-state index in [1.807, 2.05) is 48.5 Å². The molecule has 2 aromatic rings. The Balaban J connectivity index is 1.59. The third-order valence-corrected chi connectivity index (χ3v) is 4.70. The van der Waals surface area contributed by atoms with Crippen molar-refractivity contribution in [3.8, 4) is 11.5 Å². The predicted octanol–water partition coefficient (Wildman–Crippen LogP) is 2.37. The zero-order valence-electron chi connectivity index (χ0n) is 15.5. The van der Waals surface area contributed by atoms with E-state index in [0.717, 1.165) is 22.6 Å². The number of hydrogen-bond acceptors (Lipinski definition) is 5. The number of nitrogens with one attached hydrogen (secondary N) is 2. The van der Waals surface area contributed by atoms with Crippen molar-refractivity contribution in [2.75, 3.05) is 25.7 Å². The Bertz CT molecular complexity index is 669. The molecule has 6 nitrogen and oxygen atoms in total. The molecule has 0 bridgehead atoms. The summed E-state index contributed by atoms with van der Waals surface area (Å²) in [6, 6.07) is 15.0. The average molecular weight is 388 g/mol. The molecule has 2 N–H and O–H groups in total. The SMILES string of the molecule is COc1ccc(CNC(=O)CSCC(=O)NCc2ccc(OC)cc2)cc1. The summed E-state index contributed by atoms with van der Waals surface area (Å²) in [5, 5.41) is 5.67. The number of hydrogen-bond donors (Lipinski definition) is 2. The summed E-state index contributed by atoms with van der Waals surface area (Å²) in [6.45, 7) is 0.903. The van der Waals surface area contributed by atoms with Crippen molar-refractivity contribution in [2.24, 2.45) is 0 Å². The number of amides is 2. The first-order chi connectivity index (χ1) is 13.1. The summed E-state index contributed by atoms with van der Waals surface area (Å²) < 4.78 is 10.2. The Morgan fingerprint density at radius 1 is 0.741 bits per heavy atom. The monoisotopic (exact) mass is 388 g/mol. The molecule has 7 heteroatoms. The zero-order chi connectivity index (χ0) is 19.5. The predicted molar refractivity (Wildman–Crippen MR) is 107 cm³/mol. The molecule has 0 aliphatic heterocycles. The van der Waals surface area contributed by atoms with Crippen molar-refractivity contribution in [1.29, 1.82) is 0 Å². The lowest BCUT2D eigenvalue weighted by molar-refractivity contribution is -0.119. The molecule has 0 saturated carbocycles. The first-order valence-corrected chi connectivity index (χ1v) is 9.63. The van der Waals surface area contributed by atoms with Crippen LogP contribution in [-0.2, 0) is 22.7 Å².